The number of hydrogen-bond donors (Lipinski definition) is 8. The summed E-state index contributed by atoms with van der Waals surface area (Å²) in [5.74, 6) is -0.689. The summed E-state index contributed by atoms with van der Waals surface area (Å²) < 4.78 is 11.2. The lowest BCUT2D eigenvalue weighted by molar-refractivity contribution is -0.303. The molecule has 1 aliphatic heterocycles. The number of aliphatic hydroxyl groups is 7. The molecule has 0 saturated carbocycles. The van der Waals surface area contributed by atoms with Crippen LogP contribution in [-0.2, 0) is 14.3 Å². The highest BCUT2D eigenvalue weighted by Crippen LogP contribution is 2.24. The van der Waals surface area contributed by atoms with E-state index in [0.717, 1.165) is 38.5 Å². The molecule has 1 rings (SSSR count). The molecule has 0 bridgehead atoms. The molecule has 0 spiro atoms. The zero-order valence-corrected chi connectivity index (χ0v) is 47.2. The molecule has 8 N–H and O–H groups in total. The van der Waals surface area contributed by atoms with Crippen molar-refractivity contribution in [3.05, 3.63) is 0 Å². The molecule has 1 fully saturated rings. The van der Waals surface area contributed by atoms with Gasteiger partial charge in [0.2, 0.25) is 5.91 Å². The molecule has 1 saturated heterocycles. The number of ether oxygens (including phenoxy) is 2. The van der Waals surface area contributed by atoms with Crippen LogP contribution in [0.1, 0.15) is 316 Å². The van der Waals surface area contributed by atoms with Crippen molar-refractivity contribution >= 4 is 5.91 Å². The molecule has 1 heterocycles. The molecule has 11 heteroatoms. The van der Waals surface area contributed by atoms with Crippen LogP contribution >= 0.6 is 0 Å². The van der Waals surface area contributed by atoms with Crippen LogP contribution < -0.4 is 5.32 Å². The monoisotopic (exact) mass is 1030 g/mol. The highest BCUT2D eigenvalue weighted by atomic mass is 16.7. The van der Waals surface area contributed by atoms with Gasteiger partial charge in [-0.3, -0.25) is 4.79 Å². The fourth-order valence-electron chi connectivity index (χ4n) is 10.6. The Morgan fingerprint density at radius 1 is 0.431 bits per heavy atom. The van der Waals surface area contributed by atoms with E-state index in [1.807, 2.05) is 0 Å². The summed E-state index contributed by atoms with van der Waals surface area (Å²) in [7, 11) is 0. The van der Waals surface area contributed by atoms with Gasteiger partial charge in [0.05, 0.1) is 25.4 Å². The van der Waals surface area contributed by atoms with Gasteiger partial charge in [-0.2, -0.15) is 0 Å². The van der Waals surface area contributed by atoms with E-state index in [2.05, 4.69) is 19.2 Å². The predicted molar refractivity (Wildman–Crippen MR) is 298 cm³/mol. The zero-order valence-electron chi connectivity index (χ0n) is 47.2. The Morgan fingerprint density at radius 3 is 1.03 bits per heavy atom. The minimum atomic E-state index is -1.66. The smallest absolute Gasteiger partial charge is 0.249 e. The van der Waals surface area contributed by atoms with Gasteiger partial charge in [-0.25, -0.2) is 0 Å². The third-order valence-electron chi connectivity index (χ3n) is 15.7. The first kappa shape index (κ1) is 69.1. The van der Waals surface area contributed by atoms with Crippen LogP contribution in [0.15, 0.2) is 0 Å². The Balaban J connectivity index is 2.20. The number of hydrogen-bond acceptors (Lipinski definition) is 10. The third-order valence-corrected chi connectivity index (χ3v) is 15.7. The van der Waals surface area contributed by atoms with Gasteiger partial charge >= 0.3 is 0 Å². The highest BCUT2D eigenvalue weighted by Gasteiger charge is 2.44. The molecule has 430 valence electrons. The lowest BCUT2D eigenvalue weighted by Crippen LogP contribution is -2.60. The zero-order chi connectivity index (χ0) is 52.5. The molecular weight excluding hydrogens is 907 g/mol. The SMILES string of the molecule is CCCCCCCCCCCCCCCCCCCCCCCCCCCCCCCC(O)C(=O)NC(COC1OC(CO)C(O)C(O)C1O)C(O)C(O)CCCCCCCCCCCCCCCCCC. The molecule has 1 amide bonds. The number of carbonyl (C=O) groups excluding carboxylic acids is 1. The molecular formula is C61H121NO10. The van der Waals surface area contributed by atoms with Crippen molar-refractivity contribution in [1.82, 2.24) is 5.32 Å². The number of unbranched alkanes of at least 4 members (excludes halogenated alkanes) is 43. The second-order valence-electron chi connectivity index (χ2n) is 22.5. The van der Waals surface area contributed by atoms with Crippen LogP contribution in [-0.4, -0.2) is 110 Å². The first-order valence-corrected chi connectivity index (χ1v) is 31.4. The summed E-state index contributed by atoms with van der Waals surface area (Å²) in [6, 6.07) is -1.16. The van der Waals surface area contributed by atoms with Gasteiger partial charge in [0.1, 0.15) is 36.6 Å². The van der Waals surface area contributed by atoms with Crippen LogP contribution in [0.4, 0.5) is 0 Å². The Labute approximate surface area is 443 Å². The number of carbonyl (C=O) groups is 1. The lowest BCUT2D eigenvalue weighted by atomic mass is 9.98. The van der Waals surface area contributed by atoms with E-state index in [4.69, 9.17) is 9.47 Å². The normalized spacial score (nSPS) is 19.9. The molecule has 72 heavy (non-hydrogen) atoms. The molecule has 0 radical (unpaired) electrons. The standard InChI is InChI=1S/C61H121NO10/c1-3-5-7-9-11-13-15-17-19-21-22-23-24-25-26-27-28-29-30-31-32-33-35-37-39-41-43-45-47-49-54(65)60(70)62-52(51-71-61-59(69)58(68)57(67)55(50-63)72-61)56(66)53(64)48-46-44-42-40-38-36-34-20-18-16-14-12-10-8-6-4-2/h52-59,61,63-69H,3-51H2,1-2H3,(H,62,70). The van der Waals surface area contributed by atoms with Crippen molar-refractivity contribution in [2.75, 3.05) is 13.2 Å². The van der Waals surface area contributed by atoms with Gasteiger partial charge in [0, 0.05) is 0 Å². The van der Waals surface area contributed by atoms with E-state index in [1.54, 1.807) is 0 Å². The van der Waals surface area contributed by atoms with E-state index >= 15 is 0 Å². The van der Waals surface area contributed by atoms with Gasteiger partial charge in [-0.1, -0.05) is 303 Å². The number of aliphatic hydroxyl groups excluding tert-OH is 7. The molecule has 9 atom stereocenters. The average molecular weight is 1030 g/mol. The van der Waals surface area contributed by atoms with Gasteiger partial charge in [-0.15, -0.1) is 0 Å². The fraction of sp³-hybridized carbons (Fsp3) is 0.984. The summed E-state index contributed by atoms with van der Waals surface area (Å²) in [4.78, 5) is 13.2. The van der Waals surface area contributed by atoms with Crippen LogP contribution in [0, 0.1) is 0 Å². The molecule has 0 aromatic rings. The van der Waals surface area contributed by atoms with Crippen LogP contribution in [0.3, 0.4) is 0 Å². The Bertz CT molecular complexity index is 1130. The molecule has 0 aliphatic carbocycles. The summed E-state index contributed by atoms with van der Waals surface area (Å²) in [5.41, 5.74) is 0. The van der Waals surface area contributed by atoms with Crippen molar-refractivity contribution in [2.24, 2.45) is 0 Å². The quantitative estimate of drug-likeness (QED) is 0.0272. The Kier molecular flexibility index (Phi) is 48.9. The maximum Gasteiger partial charge on any atom is 0.249 e. The topological polar surface area (TPSA) is 189 Å². The van der Waals surface area contributed by atoms with Crippen LogP contribution in [0.25, 0.3) is 0 Å². The van der Waals surface area contributed by atoms with E-state index < -0.39 is 74.2 Å². The second kappa shape index (κ2) is 50.9. The lowest BCUT2D eigenvalue weighted by Gasteiger charge is -2.40. The Hall–Kier alpha value is -0.890. The maximum absolute atomic E-state index is 13.2. The summed E-state index contributed by atoms with van der Waals surface area (Å²) in [6.45, 7) is 3.50. The third kappa shape index (κ3) is 38.6. The molecule has 0 aromatic carbocycles. The number of amides is 1. The van der Waals surface area contributed by atoms with Crippen LogP contribution in [0.2, 0.25) is 0 Å². The van der Waals surface area contributed by atoms with Crippen LogP contribution in [0.5, 0.6) is 0 Å². The summed E-state index contributed by atoms with van der Waals surface area (Å²) in [6.07, 6.45) is 47.4. The van der Waals surface area contributed by atoms with Gasteiger partial charge in [0.25, 0.3) is 0 Å². The van der Waals surface area contributed by atoms with Crippen molar-refractivity contribution in [3.63, 3.8) is 0 Å². The molecule has 11 nitrogen and oxygen atoms in total. The number of rotatable bonds is 55. The minimum absolute atomic E-state index is 0.267. The van der Waals surface area contributed by atoms with Gasteiger partial charge < -0.3 is 50.5 Å². The van der Waals surface area contributed by atoms with Crippen molar-refractivity contribution < 1.29 is 50.0 Å². The van der Waals surface area contributed by atoms with Crippen molar-refractivity contribution in [3.8, 4) is 0 Å². The van der Waals surface area contributed by atoms with E-state index in [-0.39, 0.29) is 6.42 Å². The Morgan fingerprint density at radius 2 is 0.722 bits per heavy atom. The second-order valence-corrected chi connectivity index (χ2v) is 22.5. The number of nitrogens with one attached hydrogen (secondary N) is 1. The van der Waals surface area contributed by atoms with Gasteiger partial charge in [-0.05, 0) is 12.8 Å². The van der Waals surface area contributed by atoms with Crippen molar-refractivity contribution in [1.29, 1.82) is 0 Å². The van der Waals surface area contributed by atoms with Gasteiger partial charge in [0.15, 0.2) is 6.29 Å². The molecule has 1 aliphatic rings. The van der Waals surface area contributed by atoms with E-state index in [9.17, 15) is 40.5 Å². The summed E-state index contributed by atoms with van der Waals surface area (Å²) >= 11 is 0. The minimum Gasteiger partial charge on any atom is -0.394 e. The predicted octanol–water partition coefficient (Wildman–Crippen LogP) is 13.7. The summed E-state index contributed by atoms with van der Waals surface area (Å²) in [5, 5.41) is 76.2. The van der Waals surface area contributed by atoms with E-state index in [0.29, 0.717) is 19.3 Å². The maximum atomic E-state index is 13.2. The van der Waals surface area contributed by atoms with E-state index in [1.165, 1.54) is 238 Å². The first-order chi connectivity index (χ1) is 35.2. The fourth-order valence-corrected chi connectivity index (χ4v) is 10.6. The molecule has 0 aromatic heterocycles. The first-order valence-electron chi connectivity index (χ1n) is 31.4. The molecule has 9 unspecified atom stereocenters. The van der Waals surface area contributed by atoms with Crippen molar-refractivity contribution in [2.45, 2.75) is 371 Å². The average Bonchev–Trinajstić information content (AvgIpc) is 3.38. The highest BCUT2D eigenvalue weighted by molar-refractivity contribution is 5.80. The largest absolute Gasteiger partial charge is 0.394 e.